The molecule has 24 heavy (non-hydrogen) atoms. The molecule has 124 valence electrons. The second-order valence-corrected chi connectivity index (χ2v) is 5.43. The summed E-state index contributed by atoms with van der Waals surface area (Å²) in [6.07, 6.45) is 5.51. The lowest BCUT2D eigenvalue weighted by atomic mass is 10.1. The summed E-state index contributed by atoms with van der Waals surface area (Å²) in [5.74, 6) is 1.50. The summed E-state index contributed by atoms with van der Waals surface area (Å²) in [6, 6.07) is 14.4. The van der Waals surface area contributed by atoms with Crippen molar-refractivity contribution in [2.45, 2.75) is 13.1 Å². The maximum absolute atomic E-state index is 5.33. The van der Waals surface area contributed by atoms with Crippen LogP contribution in [0.1, 0.15) is 11.1 Å². The first-order valence-corrected chi connectivity index (χ1v) is 7.79. The van der Waals surface area contributed by atoms with E-state index in [1.807, 2.05) is 29.0 Å². The van der Waals surface area contributed by atoms with Gasteiger partial charge in [0.2, 0.25) is 0 Å². The average Bonchev–Trinajstić information content (AvgIpc) is 3.17. The highest BCUT2D eigenvalue weighted by Gasteiger charge is 2.04. The van der Waals surface area contributed by atoms with Crippen LogP contribution in [0.15, 0.2) is 61.2 Å². The molecule has 0 radical (unpaired) electrons. The number of hydrogen-bond acceptors (Lipinski definition) is 4. The minimum atomic E-state index is 0.747. The molecule has 1 N–H and O–H groups in total. The predicted molar refractivity (Wildman–Crippen MR) is 93.7 cm³/mol. The van der Waals surface area contributed by atoms with E-state index in [4.69, 9.17) is 9.47 Å². The first-order chi connectivity index (χ1) is 11.8. The van der Waals surface area contributed by atoms with Crippen LogP contribution >= 0.6 is 0 Å². The highest BCUT2D eigenvalue weighted by molar-refractivity contribution is 5.42. The van der Waals surface area contributed by atoms with E-state index < -0.39 is 0 Å². The molecular formula is C19H21N3O2. The zero-order valence-electron chi connectivity index (χ0n) is 13.9. The highest BCUT2D eigenvalue weighted by Crippen LogP contribution is 2.27. The molecule has 0 aliphatic heterocycles. The fourth-order valence-corrected chi connectivity index (χ4v) is 2.54. The monoisotopic (exact) mass is 323 g/mol. The quantitative estimate of drug-likeness (QED) is 0.725. The average molecular weight is 323 g/mol. The van der Waals surface area contributed by atoms with Crippen molar-refractivity contribution in [1.29, 1.82) is 0 Å². The lowest BCUT2D eigenvalue weighted by Gasteiger charge is -2.10. The number of ether oxygens (including phenoxy) is 2. The number of benzene rings is 2. The molecule has 3 aromatic rings. The zero-order chi connectivity index (χ0) is 16.8. The van der Waals surface area contributed by atoms with Crippen molar-refractivity contribution in [2.75, 3.05) is 14.2 Å². The van der Waals surface area contributed by atoms with Gasteiger partial charge in [0.05, 0.1) is 20.5 Å². The molecule has 0 amide bonds. The van der Waals surface area contributed by atoms with Crippen molar-refractivity contribution in [1.82, 2.24) is 14.9 Å². The Hall–Kier alpha value is -2.79. The summed E-state index contributed by atoms with van der Waals surface area (Å²) in [6.45, 7) is 1.57. The molecule has 0 saturated carbocycles. The van der Waals surface area contributed by atoms with Crippen molar-refractivity contribution in [3.05, 3.63) is 72.3 Å². The molecular weight excluding hydrogens is 302 g/mol. The molecule has 3 rings (SSSR count). The van der Waals surface area contributed by atoms with E-state index in [2.05, 4.69) is 34.6 Å². The molecule has 1 aromatic heterocycles. The Morgan fingerprint density at radius 2 is 1.62 bits per heavy atom. The normalized spacial score (nSPS) is 10.6. The van der Waals surface area contributed by atoms with Crippen LogP contribution in [0.4, 0.5) is 0 Å². The van der Waals surface area contributed by atoms with Crippen LogP contribution in [0.25, 0.3) is 5.69 Å². The molecule has 1 heterocycles. The third kappa shape index (κ3) is 3.75. The van der Waals surface area contributed by atoms with Crippen molar-refractivity contribution in [2.24, 2.45) is 0 Å². The third-order valence-corrected chi connectivity index (χ3v) is 3.85. The fourth-order valence-electron chi connectivity index (χ4n) is 2.54. The van der Waals surface area contributed by atoms with Gasteiger partial charge < -0.3 is 19.4 Å². The minimum absolute atomic E-state index is 0.747. The van der Waals surface area contributed by atoms with E-state index in [0.717, 1.165) is 35.8 Å². The summed E-state index contributed by atoms with van der Waals surface area (Å²) < 4.78 is 12.6. The lowest BCUT2D eigenvalue weighted by molar-refractivity contribution is 0.354. The van der Waals surface area contributed by atoms with E-state index in [9.17, 15) is 0 Å². The SMILES string of the molecule is COc1ccc(CNCc2ccc(-n3ccnc3)cc2)cc1OC. The molecule has 2 aromatic carbocycles. The smallest absolute Gasteiger partial charge is 0.161 e. The fraction of sp³-hybridized carbons (Fsp3) is 0.211. The molecule has 0 aliphatic carbocycles. The summed E-state index contributed by atoms with van der Waals surface area (Å²) in [5, 5.41) is 3.45. The number of aromatic nitrogens is 2. The predicted octanol–water partition coefficient (Wildman–Crippen LogP) is 3.18. The molecule has 0 unspecified atom stereocenters. The number of hydrogen-bond donors (Lipinski definition) is 1. The topological polar surface area (TPSA) is 48.3 Å². The van der Waals surface area contributed by atoms with E-state index in [1.165, 1.54) is 5.56 Å². The standard InChI is InChI=1S/C19H21N3O2/c1-23-18-8-5-16(11-19(18)24-2)13-21-12-15-3-6-17(7-4-15)22-10-9-20-14-22/h3-11,14,21H,12-13H2,1-2H3. The zero-order valence-corrected chi connectivity index (χ0v) is 13.9. The number of nitrogens with zero attached hydrogens (tertiary/aromatic N) is 2. The Labute approximate surface area is 141 Å². The summed E-state index contributed by atoms with van der Waals surface area (Å²) in [7, 11) is 3.29. The van der Waals surface area contributed by atoms with Gasteiger partial charge in [0, 0.05) is 31.2 Å². The van der Waals surface area contributed by atoms with Crippen LogP contribution < -0.4 is 14.8 Å². The molecule has 0 aliphatic rings. The van der Waals surface area contributed by atoms with E-state index in [-0.39, 0.29) is 0 Å². The maximum Gasteiger partial charge on any atom is 0.161 e. The third-order valence-electron chi connectivity index (χ3n) is 3.85. The minimum Gasteiger partial charge on any atom is -0.493 e. The van der Waals surface area contributed by atoms with Gasteiger partial charge in [-0.3, -0.25) is 0 Å². The van der Waals surface area contributed by atoms with Gasteiger partial charge in [-0.05, 0) is 35.4 Å². The number of methoxy groups -OCH3 is 2. The largest absolute Gasteiger partial charge is 0.493 e. The van der Waals surface area contributed by atoms with Crippen molar-refractivity contribution < 1.29 is 9.47 Å². The Balaban J connectivity index is 1.56. The van der Waals surface area contributed by atoms with Crippen molar-refractivity contribution >= 4 is 0 Å². The molecule has 0 atom stereocenters. The molecule has 0 fully saturated rings. The Kier molecular flexibility index (Phi) is 5.13. The Bertz CT molecular complexity index is 768. The van der Waals surface area contributed by atoms with Gasteiger partial charge in [0.15, 0.2) is 11.5 Å². The van der Waals surface area contributed by atoms with Crippen LogP contribution in [0.3, 0.4) is 0 Å². The molecule has 5 nitrogen and oxygen atoms in total. The number of nitrogens with one attached hydrogen (secondary N) is 1. The van der Waals surface area contributed by atoms with Gasteiger partial charge in [0.25, 0.3) is 0 Å². The van der Waals surface area contributed by atoms with Crippen LogP contribution in [-0.4, -0.2) is 23.8 Å². The van der Waals surface area contributed by atoms with Gasteiger partial charge in [0.1, 0.15) is 0 Å². The van der Waals surface area contributed by atoms with Crippen LogP contribution in [-0.2, 0) is 13.1 Å². The van der Waals surface area contributed by atoms with Gasteiger partial charge in [-0.25, -0.2) is 4.98 Å². The molecule has 0 spiro atoms. The van der Waals surface area contributed by atoms with E-state index >= 15 is 0 Å². The van der Waals surface area contributed by atoms with E-state index in [0.29, 0.717) is 0 Å². The summed E-state index contributed by atoms with van der Waals surface area (Å²) >= 11 is 0. The Morgan fingerprint density at radius 1 is 0.917 bits per heavy atom. The lowest BCUT2D eigenvalue weighted by Crippen LogP contribution is -2.12. The van der Waals surface area contributed by atoms with E-state index in [1.54, 1.807) is 26.7 Å². The highest BCUT2D eigenvalue weighted by atomic mass is 16.5. The van der Waals surface area contributed by atoms with Gasteiger partial charge >= 0.3 is 0 Å². The molecule has 0 bridgehead atoms. The summed E-state index contributed by atoms with van der Waals surface area (Å²) in [5.41, 5.74) is 3.50. The maximum atomic E-state index is 5.33. The van der Waals surface area contributed by atoms with Gasteiger partial charge in [-0.2, -0.15) is 0 Å². The van der Waals surface area contributed by atoms with Gasteiger partial charge in [-0.15, -0.1) is 0 Å². The number of rotatable bonds is 7. The van der Waals surface area contributed by atoms with Crippen LogP contribution in [0, 0.1) is 0 Å². The first-order valence-electron chi connectivity index (χ1n) is 7.79. The molecule has 0 saturated heterocycles. The summed E-state index contributed by atoms with van der Waals surface area (Å²) in [4.78, 5) is 4.06. The second kappa shape index (κ2) is 7.66. The van der Waals surface area contributed by atoms with Crippen molar-refractivity contribution in [3.8, 4) is 17.2 Å². The second-order valence-electron chi connectivity index (χ2n) is 5.43. The van der Waals surface area contributed by atoms with Crippen LogP contribution in [0.2, 0.25) is 0 Å². The molecule has 5 heteroatoms. The van der Waals surface area contributed by atoms with Crippen molar-refractivity contribution in [3.63, 3.8) is 0 Å². The Morgan fingerprint density at radius 3 is 2.29 bits per heavy atom. The van der Waals surface area contributed by atoms with Crippen LogP contribution in [0.5, 0.6) is 11.5 Å². The number of imidazole rings is 1. The first kappa shape index (κ1) is 16.1. The van der Waals surface area contributed by atoms with Gasteiger partial charge in [-0.1, -0.05) is 18.2 Å².